The van der Waals surface area contributed by atoms with E-state index in [9.17, 15) is 9.59 Å². The smallest absolute Gasteiger partial charge is 0.260 e. The van der Waals surface area contributed by atoms with Crippen molar-refractivity contribution in [2.75, 3.05) is 40.4 Å². The first-order valence-corrected chi connectivity index (χ1v) is 8.34. The number of hydrogen-bond donors (Lipinski definition) is 0. The lowest BCUT2D eigenvalue weighted by Crippen LogP contribution is -2.48. The number of hydrogen-bond acceptors (Lipinski definition) is 4. The van der Waals surface area contributed by atoms with Crippen LogP contribution in [0.1, 0.15) is 19.3 Å². The Morgan fingerprint density at radius 1 is 1.25 bits per heavy atom. The fraction of sp³-hybridized carbons (Fsp3) is 0.556. The minimum atomic E-state index is -0.376. The van der Waals surface area contributed by atoms with E-state index in [0.29, 0.717) is 24.6 Å². The summed E-state index contributed by atoms with van der Waals surface area (Å²) in [6.45, 7) is 1.93. The molecular weight excluding hydrogens is 308 g/mol. The van der Waals surface area contributed by atoms with Crippen molar-refractivity contribution in [3.63, 3.8) is 0 Å². The van der Waals surface area contributed by atoms with Crippen LogP contribution in [0.2, 0.25) is 0 Å². The van der Waals surface area contributed by atoms with E-state index >= 15 is 0 Å². The minimum absolute atomic E-state index is 0.0206. The second-order valence-electron chi connectivity index (χ2n) is 6.64. The maximum absolute atomic E-state index is 12.5. The van der Waals surface area contributed by atoms with Crippen molar-refractivity contribution in [2.24, 2.45) is 5.41 Å². The van der Waals surface area contributed by atoms with Gasteiger partial charge in [0.05, 0.1) is 12.5 Å². The van der Waals surface area contributed by atoms with E-state index in [2.05, 4.69) is 0 Å². The molecule has 0 N–H and O–H groups in total. The molecule has 24 heavy (non-hydrogen) atoms. The third-order valence-electron chi connectivity index (χ3n) is 5.06. The van der Waals surface area contributed by atoms with Crippen molar-refractivity contribution in [3.05, 3.63) is 24.3 Å². The van der Waals surface area contributed by atoms with Gasteiger partial charge in [0.1, 0.15) is 11.5 Å². The Kier molecular flexibility index (Phi) is 4.64. The summed E-state index contributed by atoms with van der Waals surface area (Å²) in [6.07, 6.45) is 2.63. The Balaban J connectivity index is 1.57. The van der Waals surface area contributed by atoms with Gasteiger partial charge >= 0.3 is 0 Å². The summed E-state index contributed by atoms with van der Waals surface area (Å²) in [6, 6.07) is 7.18. The summed E-state index contributed by atoms with van der Waals surface area (Å²) in [5.74, 6) is 1.40. The summed E-state index contributed by atoms with van der Waals surface area (Å²) < 4.78 is 10.7. The van der Waals surface area contributed by atoms with Crippen LogP contribution >= 0.6 is 0 Å². The molecule has 0 radical (unpaired) electrons. The van der Waals surface area contributed by atoms with Crippen LogP contribution < -0.4 is 9.47 Å². The Labute approximate surface area is 142 Å². The molecule has 0 aromatic heterocycles. The lowest BCUT2D eigenvalue weighted by Gasteiger charge is -2.37. The van der Waals surface area contributed by atoms with Crippen molar-refractivity contribution in [1.82, 2.24) is 9.80 Å². The average molecular weight is 332 g/mol. The zero-order valence-electron chi connectivity index (χ0n) is 14.3. The Morgan fingerprint density at radius 3 is 2.83 bits per heavy atom. The van der Waals surface area contributed by atoms with Crippen molar-refractivity contribution >= 4 is 11.8 Å². The van der Waals surface area contributed by atoms with Gasteiger partial charge in [-0.1, -0.05) is 6.07 Å². The van der Waals surface area contributed by atoms with Crippen LogP contribution in [0.15, 0.2) is 24.3 Å². The van der Waals surface area contributed by atoms with Crippen LogP contribution in [0.5, 0.6) is 11.5 Å². The van der Waals surface area contributed by atoms with Crippen molar-refractivity contribution in [2.45, 2.75) is 19.3 Å². The molecule has 1 spiro atoms. The topological polar surface area (TPSA) is 59.1 Å². The normalized spacial score (nSPS) is 23.7. The van der Waals surface area contributed by atoms with Crippen LogP contribution in [0, 0.1) is 5.41 Å². The van der Waals surface area contributed by atoms with E-state index in [4.69, 9.17) is 9.47 Å². The lowest BCUT2D eigenvalue weighted by atomic mass is 9.78. The largest absolute Gasteiger partial charge is 0.497 e. The predicted molar refractivity (Wildman–Crippen MR) is 89.0 cm³/mol. The molecule has 2 aliphatic rings. The average Bonchev–Trinajstić information content (AvgIpc) is 3.03. The highest BCUT2D eigenvalue weighted by Gasteiger charge is 2.48. The van der Waals surface area contributed by atoms with Gasteiger partial charge in [-0.05, 0) is 31.4 Å². The maximum atomic E-state index is 12.5. The zero-order chi connectivity index (χ0) is 17.2. The van der Waals surface area contributed by atoms with E-state index < -0.39 is 0 Å². The van der Waals surface area contributed by atoms with E-state index in [0.717, 1.165) is 25.8 Å². The summed E-state index contributed by atoms with van der Waals surface area (Å²) in [4.78, 5) is 28.5. The molecule has 6 nitrogen and oxygen atoms in total. The van der Waals surface area contributed by atoms with E-state index in [-0.39, 0.29) is 23.8 Å². The van der Waals surface area contributed by atoms with Gasteiger partial charge in [0.15, 0.2) is 6.61 Å². The van der Waals surface area contributed by atoms with E-state index in [1.807, 2.05) is 19.2 Å². The molecule has 2 fully saturated rings. The number of methoxy groups -OCH3 is 1. The number of carbonyl (C=O) groups excluding carboxylic acids is 2. The van der Waals surface area contributed by atoms with Crippen molar-refractivity contribution < 1.29 is 19.1 Å². The molecule has 2 aliphatic heterocycles. The highest BCUT2D eigenvalue weighted by atomic mass is 16.5. The number of benzene rings is 1. The van der Waals surface area contributed by atoms with Gasteiger partial charge in [-0.25, -0.2) is 0 Å². The molecule has 0 aliphatic carbocycles. The quantitative estimate of drug-likeness (QED) is 0.839. The van der Waals surface area contributed by atoms with E-state index in [1.54, 1.807) is 29.0 Å². The monoisotopic (exact) mass is 332 g/mol. The van der Waals surface area contributed by atoms with E-state index in [1.165, 1.54) is 0 Å². The predicted octanol–water partition coefficient (Wildman–Crippen LogP) is 1.54. The molecule has 1 atom stereocenters. The maximum Gasteiger partial charge on any atom is 0.260 e. The first kappa shape index (κ1) is 16.6. The number of piperidine rings is 1. The molecular formula is C18H24N2O4. The van der Waals surface area contributed by atoms with Gasteiger partial charge < -0.3 is 19.3 Å². The van der Waals surface area contributed by atoms with Crippen LogP contribution in [-0.2, 0) is 9.59 Å². The van der Waals surface area contributed by atoms with Crippen molar-refractivity contribution in [1.29, 1.82) is 0 Å². The molecule has 0 bridgehead atoms. The Morgan fingerprint density at radius 2 is 2.04 bits per heavy atom. The number of ether oxygens (including phenoxy) is 2. The lowest BCUT2D eigenvalue weighted by molar-refractivity contribution is -0.144. The molecule has 6 heteroatoms. The molecule has 2 amide bonds. The molecule has 130 valence electrons. The van der Waals surface area contributed by atoms with Gasteiger partial charge in [-0.15, -0.1) is 0 Å². The number of likely N-dealkylation sites (tertiary alicyclic amines) is 2. The fourth-order valence-electron chi connectivity index (χ4n) is 3.66. The third kappa shape index (κ3) is 3.18. The second kappa shape index (κ2) is 6.71. The number of rotatable bonds is 4. The number of carbonyl (C=O) groups is 2. The molecule has 0 saturated carbocycles. The van der Waals surface area contributed by atoms with Crippen LogP contribution in [0.4, 0.5) is 0 Å². The summed E-state index contributed by atoms with van der Waals surface area (Å²) in [5, 5.41) is 0. The van der Waals surface area contributed by atoms with Crippen LogP contribution in [-0.4, -0.2) is 62.0 Å². The highest BCUT2D eigenvalue weighted by Crippen LogP contribution is 2.39. The second-order valence-corrected chi connectivity index (χ2v) is 6.64. The third-order valence-corrected chi connectivity index (χ3v) is 5.06. The number of nitrogens with zero attached hydrogens (tertiary/aromatic N) is 2. The first-order chi connectivity index (χ1) is 11.5. The van der Waals surface area contributed by atoms with Gasteiger partial charge in [-0.2, -0.15) is 0 Å². The minimum Gasteiger partial charge on any atom is -0.497 e. The van der Waals surface area contributed by atoms with Gasteiger partial charge in [0, 0.05) is 32.7 Å². The SMILES string of the molecule is COc1cccc(OCC(=O)N2CCC3(CCCN(C)C3=O)C2)c1. The summed E-state index contributed by atoms with van der Waals surface area (Å²) in [7, 11) is 3.44. The Bertz CT molecular complexity index is 633. The van der Waals surface area contributed by atoms with Gasteiger partial charge in [-0.3, -0.25) is 9.59 Å². The van der Waals surface area contributed by atoms with Gasteiger partial charge in [0.2, 0.25) is 5.91 Å². The highest BCUT2D eigenvalue weighted by molar-refractivity contribution is 5.86. The van der Waals surface area contributed by atoms with Crippen LogP contribution in [0.3, 0.4) is 0 Å². The standard InChI is InChI=1S/C18H24N2O4/c1-19-9-4-7-18(17(19)22)8-10-20(13-18)16(21)12-24-15-6-3-5-14(11-15)23-2/h3,5-6,11H,4,7-10,12-13H2,1-2H3. The molecule has 3 rings (SSSR count). The van der Waals surface area contributed by atoms with Crippen LogP contribution in [0.25, 0.3) is 0 Å². The summed E-state index contributed by atoms with van der Waals surface area (Å²) in [5.41, 5.74) is -0.376. The molecule has 1 unspecified atom stereocenters. The fourth-order valence-corrected chi connectivity index (χ4v) is 3.66. The molecule has 2 saturated heterocycles. The first-order valence-electron chi connectivity index (χ1n) is 8.34. The number of amides is 2. The zero-order valence-corrected chi connectivity index (χ0v) is 14.3. The van der Waals surface area contributed by atoms with Crippen molar-refractivity contribution in [3.8, 4) is 11.5 Å². The summed E-state index contributed by atoms with van der Waals surface area (Å²) >= 11 is 0. The Hall–Kier alpha value is -2.24. The molecule has 1 aromatic rings. The van der Waals surface area contributed by atoms with Gasteiger partial charge in [0.25, 0.3) is 5.91 Å². The molecule has 2 heterocycles. The molecule has 1 aromatic carbocycles.